The molecule has 8 nitrogen and oxygen atoms in total. The molecule has 1 atom stereocenters. The minimum atomic E-state index is -0.556. The van der Waals surface area contributed by atoms with Crippen LogP contribution in [0.2, 0.25) is 0 Å². The Morgan fingerprint density at radius 2 is 2.25 bits per heavy atom. The maximum absolute atomic E-state index is 12.5. The third kappa shape index (κ3) is 2.55. The fourth-order valence-corrected chi connectivity index (χ4v) is 2.75. The van der Waals surface area contributed by atoms with Crippen molar-refractivity contribution in [2.45, 2.75) is 19.9 Å². The lowest BCUT2D eigenvalue weighted by Crippen LogP contribution is -2.29. The molecule has 0 saturated carbocycles. The van der Waals surface area contributed by atoms with Crippen LogP contribution in [-0.4, -0.2) is 39.6 Å². The highest BCUT2D eigenvalue weighted by Gasteiger charge is 2.34. The van der Waals surface area contributed by atoms with Gasteiger partial charge in [-0.3, -0.25) is 0 Å². The summed E-state index contributed by atoms with van der Waals surface area (Å²) in [6.07, 6.45) is 1.40. The average molecular weight is 330 g/mol. The zero-order chi connectivity index (χ0) is 17.3. The first-order valence-corrected chi connectivity index (χ1v) is 7.48. The second-order valence-corrected chi connectivity index (χ2v) is 5.25. The van der Waals surface area contributed by atoms with Crippen molar-refractivity contribution >= 4 is 11.9 Å². The Morgan fingerprint density at radius 3 is 2.92 bits per heavy atom. The third-order valence-corrected chi connectivity index (χ3v) is 3.81. The molecule has 0 unspecified atom stereocenters. The van der Waals surface area contributed by atoms with Gasteiger partial charge in [0.2, 0.25) is 5.95 Å². The molecule has 1 aliphatic rings. The van der Waals surface area contributed by atoms with Crippen molar-refractivity contribution in [1.82, 2.24) is 14.8 Å². The summed E-state index contributed by atoms with van der Waals surface area (Å²) in [6, 6.07) is 4.40. The van der Waals surface area contributed by atoms with Crippen molar-refractivity contribution in [2.24, 2.45) is 0 Å². The molecule has 1 aromatic carbocycles. The van der Waals surface area contributed by atoms with Gasteiger partial charge in [-0.05, 0) is 31.5 Å². The number of allylic oxidation sites excluding steroid dienone is 1. The summed E-state index contributed by atoms with van der Waals surface area (Å²) in [5, 5.41) is 17.3. The highest BCUT2D eigenvalue weighted by Crippen LogP contribution is 2.38. The zero-order valence-electron chi connectivity index (χ0n) is 13.6. The smallest absolute Gasteiger partial charge is 0.338 e. The van der Waals surface area contributed by atoms with E-state index < -0.39 is 12.0 Å². The number of benzene rings is 1. The number of fused-ring (bicyclic) bond motifs is 1. The molecule has 2 heterocycles. The van der Waals surface area contributed by atoms with Crippen LogP contribution in [0, 0.1) is 0 Å². The van der Waals surface area contributed by atoms with E-state index in [9.17, 15) is 9.90 Å². The number of nitrogens with one attached hydrogen (secondary N) is 1. The molecule has 24 heavy (non-hydrogen) atoms. The molecule has 2 aromatic rings. The Kier molecular flexibility index (Phi) is 4.11. The number of aromatic hydroxyl groups is 1. The fourth-order valence-electron chi connectivity index (χ4n) is 2.75. The van der Waals surface area contributed by atoms with Crippen LogP contribution in [0.4, 0.5) is 5.95 Å². The van der Waals surface area contributed by atoms with Crippen molar-refractivity contribution < 1.29 is 19.4 Å². The number of ether oxygens (including phenoxy) is 2. The maximum atomic E-state index is 12.5. The quantitative estimate of drug-likeness (QED) is 0.825. The predicted molar refractivity (Wildman–Crippen MR) is 85.8 cm³/mol. The summed E-state index contributed by atoms with van der Waals surface area (Å²) in [5.74, 6) is 0.408. The largest absolute Gasteiger partial charge is 0.504 e. The first-order chi connectivity index (χ1) is 11.6. The second kappa shape index (κ2) is 6.23. The number of nitrogens with zero attached hydrogens (tertiary/aromatic N) is 3. The minimum absolute atomic E-state index is 0.0175. The number of hydrogen-bond acceptors (Lipinski definition) is 7. The van der Waals surface area contributed by atoms with E-state index >= 15 is 0 Å². The number of esters is 1. The number of rotatable bonds is 4. The molecular formula is C16H18N4O4. The molecule has 0 aliphatic carbocycles. The van der Waals surface area contributed by atoms with Crippen LogP contribution in [-0.2, 0) is 9.53 Å². The van der Waals surface area contributed by atoms with E-state index in [0.29, 0.717) is 28.5 Å². The molecule has 0 fully saturated rings. The molecule has 1 aromatic heterocycles. The molecule has 8 heteroatoms. The topological polar surface area (TPSA) is 98.5 Å². The van der Waals surface area contributed by atoms with Gasteiger partial charge >= 0.3 is 5.97 Å². The van der Waals surface area contributed by atoms with E-state index in [1.165, 1.54) is 13.4 Å². The Morgan fingerprint density at radius 1 is 1.46 bits per heavy atom. The van der Waals surface area contributed by atoms with Gasteiger partial charge in [-0.1, -0.05) is 6.07 Å². The number of hydrogen-bond donors (Lipinski definition) is 2. The van der Waals surface area contributed by atoms with E-state index in [1.807, 2.05) is 0 Å². The lowest BCUT2D eigenvalue weighted by molar-refractivity contribution is -0.139. The van der Waals surface area contributed by atoms with Crippen LogP contribution < -0.4 is 10.1 Å². The Balaban J connectivity index is 2.14. The van der Waals surface area contributed by atoms with Crippen LogP contribution in [0.5, 0.6) is 11.5 Å². The van der Waals surface area contributed by atoms with Crippen molar-refractivity contribution in [3.8, 4) is 11.5 Å². The monoisotopic (exact) mass is 330 g/mol. The van der Waals surface area contributed by atoms with Gasteiger partial charge in [0.25, 0.3) is 0 Å². The van der Waals surface area contributed by atoms with Crippen LogP contribution in [0.1, 0.15) is 25.5 Å². The third-order valence-electron chi connectivity index (χ3n) is 3.81. The lowest BCUT2D eigenvalue weighted by Gasteiger charge is -2.28. The van der Waals surface area contributed by atoms with Gasteiger partial charge in [0, 0.05) is 5.70 Å². The van der Waals surface area contributed by atoms with Crippen molar-refractivity contribution in [2.75, 3.05) is 19.0 Å². The van der Waals surface area contributed by atoms with E-state index in [2.05, 4.69) is 15.4 Å². The first-order valence-electron chi connectivity index (χ1n) is 7.48. The van der Waals surface area contributed by atoms with E-state index in [-0.39, 0.29) is 12.4 Å². The summed E-state index contributed by atoms with van der Waals surface area (Å²) in [7, 11) is 1.48. The van der Waals surface area contributed by atoms with E-state index in [4.69, 9.17) is 9.47 Å². The molecule has 3 rings (SSSR count). The molecule has 1 aliphatic heterocycles. The van der Waals surface area contributed by atoms with Crippen LogP contribution in [0.3, 0.4) is 0 Å². The number of carbonyl (C=O) groups excluding carboxylic acids is 1. The van der Waals surface area contributed by atoms with Gasteiger partial charge < -0.3 is 19.9 Å². The number of carbonyl (C=O) groups is 1. The number of phenolic OH excluding ortho intramolecular Hbond substituents is 1. The molecule has 0 spiro atoms. The van der Waals surface area contributed by atoms with E-state index in [0.717, 1.165) is 0 Å². The van der Waals surface area contributed by atoms with Gasteiger partial charge in [0.15, 0.2) is 11.5 Å². The molecule has 0 saturated heterocycles. The summed E-state index contributed by atoms with van der Waals surface area (Å²) in [6.45, 7) is 3.79. The molecule has 0 radical (unpaired) electrons. The number of phenols is 1. The van der Waals surface area contributed by atoms with Crippen molar-refractivity contribution in [1.29, 1.82) is 0 Å². The van der Waals surface area contributed by atoms with Crippen molar-refractivity contribution in [3.05, 3.63) is 41.4 Å². The molecule has 0 amide bonds. The Bertz CT molecular complexity index is 812. The van der Waals surface area contributed by atoms with Crippen molar-refractivity contribution in [3.63, 3.8) is 0 Å². The summed E-state index contributed by atoms with van der Waals surface area (Å²) in [5.41, 5.74) is 1.72. The summed E-state index contributed by atoms with van der Waals surface area (Å²) >= 11 is 0. The number of aromatic nitrogens is 3. The Labute approximate surface area is 138 Å². The van der Waals surface area contributed by atoms with Gasteiger partial charge in [-0.2, -0.15) is 10.1 Å². The average Bonchev–Trinajstić information content (AvgIpc) is 3.01. The normalized spacial score (nSPS) is 16.4. The lowest BCUT2D eigenvalue weighted by atomic mass is 9.95. The maximum Gasteiger partial charge on any atom is 0.338 e. The molecular weight excluding hydrogens is 312 g/mol. The van der Waals surface area contributed by atoms with Crippen LogP contribution in [0.25, 0.3) is 0 Å². The van der Waals surface area contributed by atoms with Gasteiger partial charge in [0.1, 0.15) is 12.4 Å². The standard InChI is InChI=1S/C16H18N4O4/c1-4-24-15(22)13-9(2)19-16-17-8-18-20(16)14(13)10-5-6-12(23-3)11(21)7-10/h5-8,14,21H,4H2,1-3H3,(H,17,18,19)/t14-/m0/s1. The predicted octanol–water partition coefficient (Wildman–Crippen LogP) is 1.84. The zero-order valence-corrected chi connectivity index (χ0v) is 13.6. The highest BCUT2D eigenvalue weighted by atomic mass is 16.5. The molecule has 2 N–H and O–H groups in total. The first kappa shape index (κ1) is 15.9. The summed E-state index contributed by atoms with van der Waals surface area (Å²) in [4.78, 5) is 16.6. The highest BCUT2D eigenvalue weighted by molar-refractivity contribution is 5.92. The minimum Gasteiger partial charge on any atom is -0.504 e. The van der Waals surface area contributed by atoms with Gasteiger partial charge in [-0.25, -0.2) is 9.48 Å². The fraction of sp³-hybridized carbons (Fsp3) is 0.312. The van der Waals surface area contributed by atoms with E-state index in [1.54, 1.807) is 36.7 Å². The SMILES string of the molecule is CCOC(=O)C1=C(C)Nc2ncnn2[C@H]1c1ccc(OC)c(O)c1. The van der Waals surface area contributed by atoms with Crippen LogP contribution >= 0.6 is 0 Å². The summed E-state index contributed by atoms with van der Waals surface area (Å²) < 4.78 is 11.8. The molecule has 0 bridgehead atoms. The number of anilines is 1. The Hall–Kier alpha value is -3.03. The van der Waals surface area contributed by atoms with Gasteiger partial charge in [-0.15, -0.1) is 0 Å². The molecule has 126 valence electrons. The van der Waals surface area contributed by atoms with Gasteiger partial charge in [0.05, 0.1) is 19.3 Å². The van der Waals surface area contributed by atoms with Crippen LogP contribution in [0.15, 0.2) is 35.8 Å². The number of methoxy groups -OCH3 is 1. The second-order valence-electron chi connectivity index (χ2n) is 5.25.